The summed E-state index contributed by atoms with van der Waals surface area (Å²) in [5.41, 5.74) is 2.09. The molecular formula is C17H14ClN5O2S. The standard InChI is InChI=1S/C17H14ClN5O2S/c18-15-10-19-17-22-13-5-2-6-14(8-13)26(24,25)20-9-11-3-1-4-12(7-11)21-16(15)23-17/h1-8,10,20H,9H2,(H2,19,21,22,23). The lowest BCUT2D eigenvalue weighted by molar-refractivity contribution is 0.581. The summed E-state index contributed by atoms with van der Waals surface area (Å²) in [4.78, 5) is 8.67. The average Bonchev–Trinajstić information content (AvgIpc) is 2.63. The first kappa shape index (κ1) is 16.8. The Labute approximate surface area is 155 Å². The molecule has 26 heavy (non-hydrogen) atoms. The van der Waals surface area contributed by atoms with Gasteiger partial charge in [0.25, 0.3) is 0 Å². The van der Waals surface area contributed by atoms with Gasteiger partial charge in [-0.1, -0.05) is 29.8 Å². The second-order valence-electron chi connectivity index (χ2n) is 5.69. The van der Waals surface area contributed by atoms with Gasteiger partial charge in [0.1, 0.15) is 5.02 Å². The molecule has 1 aliphatic rings. The second-order valence-corrected chi connectivity index (χ2v) is 7.87. The molecule has 0 saturated heterocycles. The smallest absolute Gasteiger partial charge is 0.240 e. The molecule has 1 aliphatic heterocycles. The molecule has 0 atom stereocenters. The highest BCUT2D eigenvalue weighted by Gasteiger charge is 2.16. The van der Waals surface area contributed by atoms with Crippen molar-refractivity contribution in [3.8, 4) is 0 Å². The van der Waals surface area contributed by atoms with Gasteiger partial charge in [-0.25, -0.2) is 18.1 Å². The number of benzene rings is 2. The molecule has 3 N–H and O–H groups in total. The van der Waals surface area contributed by atoms with E-state index in [-0.39, 0.29) is 11.4 Å². The van der Waals surface area contributed by atoms with Gasteiger partial charge in [-0.2, -0.15) is 4.98 Å². The number of hydrogen-bond donors (Lipinski definition) is 3. The van der Waals surface area contributed by atoms with Gasteiger partial charge >= 0.3 is 0 Å². The van der Waals surface area contributed by atoms with Gasteiger partial charge in [0, 0.05) is 17.9 Å². The Kier molecular flexibility index (Phi) is 4.23. The van der Waals surface area contributed by atoms with E-state index in [1.807, 2.05) is 24.3 Å². The molecule has 3 aromatic rings. The van der Waals surface area contributed by atoms with Crippen molar-refractivity contribution in [3.63, 3.8) is 0 Å². The molecule has 4 rings (SSSR count). The van der Waals surface area contributed by atoms with Gasteiger partial charge in [0.15, 0.2) is 5.82 Å². The van der Waals surface area contributed by atoms with Crippen LogP contribution >= 0.6 is 11.6 Å². The number of nitrogens with one attached hydrogen (secondary N) is 3. The zero-order valence-electron chi connectivity index (χ0n) is 13.4. The number of fused-ring (bicyclic) bond motifs is 6. The minimum atomic E-state index is -3.65. The lowest BCUT2D eigenvalue weighted by atomic mass is 10.2. The molecule has 0 aliphatic carbocycles. The average molecular weight is 388 g/mol. The van der Waals surface area contributed by atoms with Gasteiger partial charge in [-0.05, 0) is 35.9 Å². The number of halogens is 1. The van der Waals surface area contributed by atoms with Gasteiger partial charge in [-0.3, -0.25) is 0 Å². The summed E-state index contributed by atoms with van der Waals surface area (Å²) in [6.45, 7) is 0.165. The number of anilines is 4. The Morgan fingerprint density at radius 3 is 2.62 bits per heavy atom. The van der Waals surface area contributed by atoms with Crippen molar-refractivity contribution >= 4 is 44.8 Å². The quantitative estimate of drug-likeness (QED) is 0.547. The van der Waals surface area contributed by atoms with E-state index in [2.05, 4.69) is 25.3 Å². The van der Waals surface area contributed by atoms with Crippen molar-refractivity contribution in [2.45, 2.75) is 11.4 Å². The van der Waals surface area contributed by atoms with E-state index in [0.29, 0.717) is 22.5 Å². The highest BCUT2D eigenvalue weighted by Crippen LogP contribution is 2.26. The van der Waals surface area contributed by atoms with Crippen LogP contribution in [0.4, 0.5) is 23.1 Å². The predicted octanol–water partition coefficient (Wildman–Crippen LogP) is 3.41. The van der Waals surface area contributed by atoms with Crippen LogP contribution in [0.1, 0.15) is 5.56 Å². The second kappa shape index (κ2) is 6.56. The summed E-state index contributed by atoms with van der Waals surface area (Å²) < 4.78 is 27.7. The molecule has 2 heterocycles. The van der Waals surface area contributed by atoms with Crippen LogP contribution in [0.3, 0.4) is 0 Å². The van der Waals surface area contributed by atoms with Gasteiger partial charge in [-0.15, -0.1) is 0 Å². The normalized spacial score (nSPS) is 15.3. The molecule has 2 aromatic carbocycles. The minimum Gasteiger partial charge on any atom is -0.339 e. The number of sulfonamides is 1. The van der Waals surface area contributed by atoms with Crippen molar-refractivity contribution in [1.29, 1.82) is 0 Å². The summed E-state index contributed by atoms with van der Waals surface area (Å²) >= 11 is 6.19. The molecule has 1 aromatic heterocycles. The van der Waals surface area contributed by atoms with Crippen molar-refractivity contribution < 1.29 is 8.42 Å². The molecule has 0 fully saturated rings. The Hall–Kier alpha value is -2.68. The van der Waals surface area contributed by atoms with Crippen LogP contribution in [0, 0.1) is 0 Å². The molecular weight excluding hydrogens is 374 g/mol. The van der Waals surface area contributed by atoms with Crippen molar-refractivity contribution in [2.75, 3.05) is 10.6 Å². The largest absolute Gasteiger partial charge is 0.339 e. The fraction of sp³-hybridized carbons (Fsp3) is 0.0588. The first-order valence-corrected chi connectivity index (χ1v) is 9.61. The Morgan fingerprint density at radius 1 is 1.00 bits per heavy atom. The van der Waals surface area contributed by atoms with Crippen LogP contribution < -0.4 is 15.4 Å². The third-order valence-electron chi connectivity index (χ3n) is 3.80. The number of nitrogens with zero attached hydrogens (tertiary/aromatic N) is 2. The summed E-state index contributed by atoms with van der Waals surface area (Å²) in [6.07, 6.45) is 1.48. The van der Waals surface area contributed by atoms with Gasteiger partial charge in [0.05, 0.1) is 11.1 Å². The SMILES string of the molecule is O=S1(=O)NCc2cccc(c2)Nc2nc(ncc2Cl)Nc2cccc1c2. The Balaban J connectivity index is 1.85. The molecule has 6 bridgehead atoms. The molecule has 0 unspecified atom stereocenters. The van der Waals surface area contributed by atoms with E-state index < -0.39 is 10.0 Å². The van der Waals surface area contributed by atoms with E-state index in [0.717, 1.165) is 11.3 Å². The Bertz CT molecular complexity index is 1090. The van der Waals surface area contributed by atoms with Crippen molar-refractivity contribution in [1.82, 2.24) is 14.7 Å². The molecule has 7 nitrogen and oxygen atoms in total. The van der Waals surface area contributed by atoms with Crippen LogP contribution in [-0.2, 0) is 16.6 Å². The maximum atomic E-state index is 12.5. The van der Waals surface area contributed by atoms with Gasteiger partial charge < -0.3 is 10.6 Å². The fourth-order valence-electron chi connectivity index (χ4n) is 2.54. The lowest BCUT2D eigenvalue weighted by Crippen LogP contribution is -2.23. The monoisotopic (exact) mass is 387 g/mol. The predicted molar refractivity (Wildman–Crippen MR) is 101 cm³/mol. The van der Waals surface area contributed by atoms with Crippen LogP contribution in [0.25, 0.3) is 0 Å². The molecule has 0 saturated carbocycles. The Morgan fingerprint density at radius 2 is 1.77 bits per heavy atom. The highest BCUT2D eigenvalue weighted by molar-refractivity contribution is 7.89. The number of aromatic nitrogens is 2. The highest BCUT2D eigenvalue weighted by atomic mass is 35.5. The van der Waals surface area contributed by atoms with Crippen LogP contribution in [0.15, 0.2) is 59.6 Å². The summed E-state index contributed by atoms with van der Waals surface area (Å²) in [6, 6.07) is 13.8. The number of rotatable bonds is 0. The van der Waals surface area contributed by atoms with E-state index in [1.165, 1.54) is 18.3 Å². The van der Waals surface area contributed by atoms with Crippen molar-refractivity contribution in [2.24, 2.45) is 0 Å². The first-order chi connectivity index (χ1) is 12.5. The third kappa shape index (κ3) is 3.48. The van der Waals surface area contributed by atoms with E-state index in [4.69, 9.17) is 11.6 Å². The summed E-state index contributed by atoms with van der Waals surface area (Å²) in [5, 5.41) is 6.51. The first-order valence-electron chi connectivity index (χ1n) is 7.75. The summed E-state index contributed by atoms with van der Waals surface area (Å²) in [7, 11) is -3.65. The molecule has 132 valence electrons. The van der Waals surface area contributed by atoms with Crippen LogP contribution in [0.2, 0.25) is 5.02 Å². The van der Waals surface area contributed by atoms with E-state index in [9.17, 15) is 8.42 Å². The van der Waals surface area contributed by atoms with E-state index >= 15 is 0 Å². The van der Waals surface area contributed by atoms with Crippen LogP contribution in [0.5, 0.6) is 0 Å². The minimum absolute atomic E-state index is 0.156. The zero-order chi connectivity index (χ0) is 18.1. The maximum absolute atomic E-state index is 12.5. The molecule has 0 spiro atoms. The molecule has 9 heteroatoms. The lowest BCUT2D eigenvalue weighted by Gasteiger charge is -2.14. The number of hydrogen-bond acceptors (Lipinski definition) is 6. The summed E-state index contributed by atoms with van der Waals surface area (Å²) in [5.74, 6) is 0.753. The van der Waals surface area contributed by atoms with Crippen molar-refractivity contribution in [3.05, 3.63) is 65.3 Å². The fourth-order valence-corrected chi connectivity index (χ4v) is 3.74. The topological polar surface area (TPSA) is 96.0 Å². The molecule has 0 amide bonds. The van der Waals surface area contributed by atoms with Gasteiger partial charge in [0.2, 0.25) is 16.0 Å². The zero-order valence-corrected chi connectivity index (χ0v) is 15.0. The maximum Gasteiger partial charge on any atom is 0.240 e. The third-order valence-corrected chi connectivity index (χ3v) is 5.48. The van der Waals surface area contributed by atoms with Crippen LogP contribution in [-0.4, -0.2) is 18.4 Å². The molecule has 0 radical (unpaired) electrons. The van der Waals surface area contributed by atoms with E-state index in [1.54, 1.807) is 12.1 Å².